The Hall–Kier alpha value is -3.17. The minimum absolute atomic E-state index is 0.0535. The van der Waals surface area contributed by atoms with Crippen LogP contribution in [0.15, 0.2) is 90.5 Å². The highest BCUT2D eigenvalue weighted by Crippen LogP contribution is 2.43. The van der Waals surface area contributed by atoms with Gasteiger partial charge in [0, 0.05) is 30.2 Å². The number of fused-ring (bicyclic) bond motifs is 2. The Labute approximate surface area is 208 Å². The minimum Gasteiger partial charge on any atom is -0.349 e. The second kappa shape index (κ2) is 9.83. The summed E-state index contributed by atoms with van der Waals surface area (Å²) >= 11 is 0. The molecule has 1 amide bonds. The molecule has 178 valence electrons. The summed E-state index contributed by atoms with van der Waals surface area (Å²) in [6.07, 6.45) is 8.22. The molecule has 0 radical (unpaired) electrons. The van der Waals surface area contributed by atoms with Gasteiger partial charge in [-0.3, -0.25) is 9.69 Å². The maximum Gasteiger partial charge on any atom is 0.251 e. The molecule has 1 N–H and O–H groups in total. The van der Waals surface area contributed by atoms with E-state index in [1.165, 1.54) is 35.1 Å². The average Bonchev–Trinajstić information content (AvgIpc) is 3.68. The number of hydrogen-bond acceptors (Lipinski definition) is 2. The van der Waals surface area contributed by atoms with E-state index in [2.05, 4.69) is 83.0 Å². The van der Waals surface area contributed by atoms with Gasteiger partial charge < -0.3 is 5.32 Å². The summed E-state index contributed by atoms with van der Waals surface area (Å²) < 4.78 is 0. The summed E-state index contributed by atoms with van der Waals surface area (Å²) in [6, 6.07) is 31.7. The molecule has 2 bridgehead atoms. The highest BCUT2D eigenvalue weighted by Gasteiger charge is 2.39. The molecular formula is C32H34N2O. The van der Waals surface area contributed by atoms with Gasteiger partial charge in [0.1, 0.15) is 0 Å². The fourth-order valence-electron chi connectivity index (χ4n) is 6.04. The van der Waals surface area contributed by atoms with Crippen molar-refractivity contribution in [3.8, 4) is 0 Å². The number of rotatable bonds is 7. The molecule has 6 rings (SSSR count). The normalized spacial score (nSPS) is 21.7. The zero-order valence-electron chi connectivity index (χ0n) is 20.3. The fraction of sp³-hybridized carbons (Fsp3) is 0.344. The molecule has 2 atom stereocenters. The fourth-order valence-corrected chi connectivity index (χ4v) is 6.04. The van der Waals surface area contributed by atoms with Crippen molar-refractivity contribution < 1.29 is 4.79 Å². The van der Waals surface area contributed by atoms with E-state index >= 15 is 0 Å². The monoisotopic (exact) mass is 462 g/mol. The third-order valence-corrected chi connectivity index (χ3v) is 8.00. The highest BCUT2D eigenvalue weighted by atomic mass is 16.1. The maximum atomic E-state index is 12.5. The Morgan fingerprint density at radius 1 is 0.714 bits per heavy atom. The van der Waals surface area contributed by atoms with E-state index in [9.17, 15) is 4.79 Å². The quantitative estimate of drug-likeness (QED) is 0.450. The van der Waals surface area contributed by atoms with Crippen LogP contribution in [0.3, 0.4) is 0 Å². The Balaban J connectivity index is 1.26. The number of nitrogens with zero attached hydrogens (tertiary/aromatic N) is 1. The first-order valence-corrected chi connectivity index (χ1v) is 13.2. The molecule has 3 aromatic rings. The van der Waals surface area contributed by atoms with Crippen LogP contribution in [0.5, 0.6) is 0 Å². The Kier molecular flexibility index (Phi) is 6.26. The van der Waals surface area contributed by atoms with Gasteiger partial charge in [0.2, 0.25) is 0 Å². The molecule has 2 unspecified atom stereocenters. The van der Waals surface area contributed by atoms with Gasteiger partial charge in [-0.25, -0.2) is 0 Å². The van der Waals surface area contributed by atoms with Gasteiger partial charge in [0.15, 0.2) is 0 Å². The van der Waals surface area contributed by atoms with Crippen molar-refractivity contribution in [2.45, 2.75) is 63.1 Å². The van der Waals surface area contributed by atoms with Crippen molar-refractivity contribution in [1.82, 2.24) is 10.2 Å². The number of amides is 1. The lowest BCUT2D eigenvalue weighted by molar-refractivity contribution is 0.0951. The Bertz CT molecular complexity index is 1180. The number of hydrogen-bond donors (Lipinski definition) is 1. The van der Waals surface area contributed by atoms with Crippen molar-refractivity contribution in [3.63, 3.8) is 0 Å². The number of nitrogens with one attached hydrogen (secondary N) is 1. The molecule has 2 saturated heterocycles. The third kappa shape index (κ3) is 4.97. The molecule has 1 aliphatic carbocycles. The Morgan fingerprint density at radius 2 is 1.29 bits per heavy atom. The smallest absolute Gasteiger partial charge is 0.251 e. The molecule has 2 aliphatic heterocycles. The third-order valence-electron chi connectivity index (χ3n) is 8.00. The van der Waals surface area contributed by atoms with Crippen LogP contribution in [0.25, 0.3) is 5.57 Å². The second-order valence-corrected chi connectivity index (χ2v) is 10.4. The van der Waals surface area contributed by atoms with Crippen molar-refractivity contribution in [2.24, 2.45) is 0 Å². The lowest BCUT2D eigenvalue weighted by atomic mass is 9.85. The molecule has 35 heavy (non-hydrogen) atoms. The minimum atomic E-state index is 0.0535. The van der Waals surface area contributed by atoms with E-state index in [1.807, 2.05) is 12.1 Å². The van der Waals surface area contributed by atoms with Gasteiger partial charge >= 0.3 is 0 Å². The first kappa shape index (κ1) is 22.3. The standard InChI is InChI=1S/C32H34N2O/c35-32(33-28-15-16-28)26-13-11-25(12-14-26)31(24-9-5-2-6-10-24)27-21-29-17-18-30(22-27)34(29)20-19-23-7-3-1-4-8-23/h1-14,28-30H,15-22H2,(H,33,35). The van der Waals surface area contributed by atoms with Gasteiger partial charge in [-0.2, -0.15) is 0 Å². The zero-order valence-corrected chi connectivity index (χ0v) is 20.3. The first-order valence-electron chi connectivity index (χ1n) is 13.2. The molecule has 3 aliphatic rings. The predicted molar refractivity (Wildman–Crippen MR) is 142 cm³/mol. The number of benzene rings is 3. The van der Waals surface area contributed by atoms with Crippen LogP contribution < -0.4 is 5.32 Å². The van der Waals surface area contributed by atoms with Crippen LogP contribution in [0.2, 0.25) is 0 Å². The zero-order chi connectivity index (χ0) is 23.6. The van der Waals surface area contributed by atoms with E-state index in [1.54, 1.807) is 5.57 Å². The molecule has 3 aromatic carbocycles. The van der Waals surface area contributed by atoms with Crippen LogP contribution in [-0.4, -0.2) is 35.5 Å². The molecule has 3 fully saturated rings. The van der Waals surface area contributed by atoms with Crippen LogP contribution >= 0.6 is 0 Å². The van der Waals surface area contributed by atoms with E-state index in [4.69, 9.17) is 0 Å². The summed E-state index contributed by atoms with van der Waals surface area (Å²) in [7, 11) is 0. The van der Waals surface area contributed by atoms with E-state index in [0.717, 1.165) is 44.2 Å². The highest BCUT2D eigenvalue weighted by molar-refractivity contribution is 5.95. The summed E-state index contributed by atoms with van der Waals surface area (Å²) in [5.74, 6) is 0.0535. The van der Waals surface area contributed by atoms with Gasteiger partial charge in [-0.1, -0.05) is 78.4 Å². The largest absolute Gasteiger partial charge is 0.349 e. The number of piperidine rings is 1. The molecule has 3 heteroatoms. The van der Waals surface area contributed by atoms with E-state index in [0.29, 0.717) is 18.1 Å². The van der Waals surface area contributed by atoms with Crippen molar-refractivity contribution >= 4 is 11.5 Å². The summed E-state index contributed by atoms with van der Waals surface area (Å²) in [6.45, 7) is 1.15. The summed E-state index contributed by atoms with van der Waals surface area (Å²) in [5.41, 5.74) is 7.66. The molecule has 0 aromatic heterocycles. The topological polar surface area (TPSA) is 32.3 Å². The lowest BCUT2D eigenvalue weighted by Crippen LogP contribution is -2.41. The first-order chi connectivity index (χ1) is 17.2. The van der Waals surface area contributed by atoms with Gasteiger partial charge in [0.25, 0.3) is 5.91 Å². The average molecular weight is 463 g/mol. The summed E-state index contributed by atoms with van der Waals surface area (Å²) in [5, 5.41) is 3.11. The van der Waals surface area contributed by atoms with Crippen LogP contribution in [-0.2, 0) is 6.42 Å². The SMILES string of the molecule is O=C(NC1CC1)c1ccc(C(=C2CC3CCC(C2)N3CCc2ccccc2)c2ccccc2)cc1. The van der Waals surface area contributed by atoms with E-state index in [-0.39, 0.29) is 5.91 Å². The van der Waals surface area contributed by atoms with Gasteiger partial charge in [-0.15, -0.1) is 0 Å². The number of carbonyl (C=O) groups excluding carboxylic acids is 1. The van der Waals surface area contributed by atoms with Crippen molar-refractivity contribution in [2.75, 3.05) is 6.54 Å². The van der Waals surface area contributed by atoms with Crippen molar-refractivity contribution in [1.29, 1.82) is 0 Å². The molecular weight excluding hydrogens is 428 g/mol. The van der Waals surface area contributed by atoms with Crippen LogP contribution in [0.4, 0.5) is 0 Å². The van der Waals surface area contributed by atoms with Crippen LogP contribution in [0.1, 0.15) is 65.6 Å². The van der Waals surface area contributed by atoms with Crippen molar-refractivity contribution in [3.05, 3.63) is 113 Å². The van der Waals surface area contributed by atoms with Gasteiger partial charge in [0.05, 0.1) is 0 Å². The Morgan fingerprint density at radius 3 is 1.91 bits per heavy atom. The molecule has 0 spiro atoms. The van der Waals surface area contributed by atoms with E-state index < -0.39 is 0 Å². The number of carbonyl (C=O) groups is 1. The second-order valence-electron chi connectivity index (χ2n) is 10.4. The van der Waals surface area contributed by atoms with Gasteiger partial charge in [-0.05, 0) is 79.3 Å². The molecule has 3 nitrogen and oxygen atoms in total. The molecule has 1 saturated carbocycles. The lowest BCUT2D eigenvalue weighted by Gasteiger charge is -2.37. The summed E-state index contributed by atoms with van der Waals surface area (Å²) in [4.78, 5) is 15.3. The maximum absolute atomic E-state index is 12.5. The predicted octanol–water partition coefficient (Wildman–Crippen LogP) is 6.25. The molecule has 2 heterocycles. The van der Waals surface area contributed by atoms with Crippen LogP contribution in [0, 0.1) is 0 Å².